The molecule has 2 rings (SSSR count). The first-order chi connectivity index (χ1) is 13.1. The van der Waals surface area contributed by atoms with Crippen LogP contribution in [0, 0.1) is 22.7 Å². The van der Waals surface area contributed by atoms with Crippen LogP contribution in [0.25, 0.3) is 5.57 Å². The van der Waals surface area contributed by atoms with E-state index in [0.717, 1.165) is 17.1 Å². The lowest BCUT2D eigenvalue weighted by atomic mass is 10.00. The van der Waals surface area contributed by atoms with Crippen LogP contribution in [-0.4, -0.2) is 25.3 Å². The van der Waals surface area contributed by atoms with Crippen molar-refractivity contribution in [3.05, 3.63) is 82.4 Å². The highest BCUT2D eigenvalue weighted by atomic mass is 32.2. The number of rotatable bonds is 7. The molecule has 0 unspecified atom stereocenters. The Bertz CT molecular complexity index is 905. The van der Waals surface area contributed by atoms with Gasteiger partial charge >= 0.3 is 0 Å². The molecule has 0 bridgehead atoms. The fourth-order valence-corrected chi connectivity index (χ4v) is 3.29. The zero-order valence-electron chi connectivity index (χ0n) is 15.6. The Morgan fingerprint density at radius 3 is 2.30 bits per heavy atom. The van der Waals surface area contributed by atoms with Crippen molar-refractivity contribution in [2.24, 2.45) is 0 Å². The van der Waals surface area contributed by atoms with Crippen molar-refractivity contribution >= 4 is 17.3 Å². The van der Waals surface area contributed by atoms with Crippen LogP contribution < -0.4 is 4.74 Å². The van der Waals surface area contributed by atoms with Crippen LogP contribution in [0.5, 0.6) is 5.75 Å². The van der Waals surface area contributed by atoms with Gasteiger partial charge in [0.15, 0.2) is 0 Å². The molecule has 0 aliphatic heterocycles. The molecule has 2 aromatic rings. The van der Waals surface area contributed by atoms with E-state index in [4.69, 9.17) is 4.74 Å². The molecule has 136 valence electrons. The van der Waals surface area contributed by atoms with Crippen LogP contribution in [0.15, 0.2) is 71.3 Å². The Morgan fingerprint density at radius 1 is 1.07 bits per heavy atom. The molecule has 0 amide bonds. The summed E-state index contributed by atoms with van der Waals surface area (Å²) in [4.78, 5) is 2.10. The Hall–Kier alpha value is -3.15. The monoisotopic (exact) mass is 375 g/mol. The van der Waals surface area contributed by atoms with Gasteiger partial charge in [0.1, 0.15) is 23.5 Å². The molecule has 0 atom stereocenters. The largest absolute Gasteiger partial charge is 0.496 e. The van der Waals surface area contributed by atoms with Gasteiger partial charge in [-0.15, -0.1) is 11.8 Å². The zero-order valence-corrected chi connectivity index (χ0v) is 16.5. The summed E-state index contributed by atoms with van der Waals surface area (Å²) in [5.41, 5.74) is 2.52. The third kappa shape index (κ3) is 5.17. The van der Waals surface area contributed by atoms with Gasteiger partial charge in [0.25, 0.3) is 0 Å². The Morgan fingerprint density at radius 2 is 1.70 bits per heavy atom. The Kier molecular flexibility index (Phi) is 7.55. The summed E-state index contributed by atoms with van der Waals surface area (Å²) >= 11 is 1.57. The molecule has 0 saturated carbocycles. The minimum Gasteiger partial charge on any atom is -0.496 e. The van der Waals surface area contributed by atoms with Crippen LogP contribution in [0.3, 0.4) is 0 Å². The van der Waals surface area contributed by atoms with Gasteiger partial charge in [0.2, 0.25) is 0 Å². The second kappa shape index (κ2) is 10.1. The number of allylic oxidation sites excluding steroid dienone is 3. The first-order valence-electron chi connectivity index (χ1n) is 8.33. The number of nitriles is 2. The molecule has 0 aliphatic rings. The van der Waals surface area contributed by atoms with E-state index in [1.807, 2.05) is 74.0 Å². The van der Waals surface area contributed by atoms with E-state index in [1.54, 1.807) is 18.9 Å². The average molecular weight is 375 g/mol. The summed E-state index contributed by atoms with van der Waals surface area (Å²) in [5, 5.41) is 19.9. The van der Waals surface area contributed by atoms with Crippen molar-refractivity contribution in [3.63, 3.8) is 0 Å². The van der Waals surface area contributed by atoms with Crippen LogP contribution in [-0.2, 0) is 6.54 Å². The molecule has 0 N–H and O–H groups in total. The van der Waals surface area contributed by atoms with E-state index in [1.165, 1.54) is 5.56 Å². The van der Waals surface area contributed by atoms with Crippen LogP contribution in [0.2, 0.25) is 0 Å². The van der Waals surface area contributed by atoms with Gasteiger partial charge in [-0.2, -0.15) is 10.5 Å². The van der Waals surface area contributed by atoms with E-state index < -0.39 is 0 Å². The highest BCUT2D eigenvalue weighted by Gasteiger charge is 2.14. The highest BCUT2D eigenvalue weighted by molar-refractivity contribution is 8.02. The maximum Gasteiger partial charge on any atom is 0.137 e. The van der Waals surface area contributed by atoms with Gasteiger partial charge in [-0.1, -0.05) is 48.5 Å². The van der Waals surface area contributed by atoms with Gasteiger partial charge in [-0.25, -0.2) is 0 Å². The molecular weight excluding hydrogens is 354 g/mol. The summed E-state index contributed by atoms with van der Waals surface area (Å²) in [6, 6.07) is 21.6. The molecule has 2 aromatic carbocycles. The first kappa shape index (κ1) is 20.2. The van der Waals surface area contributed by atoms with Crippen LogP contribution >= 0.6 is 11.8 Å². The van der Waals surface area contributed by atoms with E-state index in [2.05, 4.69) is 17.0 Å². The topological polar surface area (TPSA) is 60.0 Å². The third-order valence-electron chi connectivity index (χ3n) is 4.01. The quantitative estimate of drug-likeness (QED) is 0.512. The molecule has 0 spiro atoms. The maximum atomic E-state index is 9.46. The number of hydrogen-bond donors (Lipinski definition) is 0. The van der Waals surface area contributed by atoms with E-state index in [9.17, 15) is 10.5 Å². The molecule has 5 heteroatoms. The standard InChI is InChI=1S/C22H21N3OS/c1-25(16-17-9-5-4-6-10-17)22(27-3)13-20(18(14-23)15-24)19-11-7-8-12-21(19)26-2/h4-13H,16H2,1-3H3/b22-13-. The molecular formula is C22H21N3OS. The lowest BCUT2D eigenvalue weighted by molar-refractivity contribution is 0.413. The van der Waals surface area contributed by atoms with Crippen LogP contribution in [0.1, 0.15) is 11.1 Å². The third-order valence-corrected chi connectivity index (χ3v) is 4.85. The maximum absolute atomic E-state index is 9.46. The molecule has 4 nitrogen and oxygen atoms in total. The predicted octanol–water partition coefficient (Wildman–Crippen LogP) is 4.83. The number of methoxy groups -OCH3 is 1. The van der Waals surface area contributed by atoms with Crippen molar-refractivity contribution < 1.29 is 4.74 Å². The van der Waals surface area contributed by atoms with Crippen molar-refractivity contribution in [3.8, 4) is 17.9 Å². The fourth-order valence-electron chi connectivity index (χ4n) is 2.68. The second-order valence-corrected chi connectivity index (χ2v) is 6.57. The van der Waals surface area contributed by atoms with Crippen molar-refractivity contribution in [1.82, 2.24) is 4.90 Å². The fraction of sp³-hybridized carbons (Fsp3) is 0.182. The van der Waals surface area contributed by atoms with Crippen molar-refractivity contribution in [2.75, 3.05) is 20.4 Å². The molecule has 0 heterocycles. The molecule has 0 fully saturated rings. The number of benzene rings is 2. The number of ether oxygens (including phenoxy) is 1. The summed E-state index contributed by atoms with van der Waals surface area (Å²) in [6.45, 7) is 0.723. The lowest BCUT2D eigenvalue weighted by Gasteiger charge is -2.22. The predicted molar refractivity (Wildman–Crippen MR) is 111 cm³/mol. The first-order valence-corrected chi connectivity index (χ1v) is 9.55. The normalized spacial score (nSPS) is 10.5. The summed E-state index contributed by atoms with van der Waals surface area (Å²) in [7, 11) is 3.57. The SMILES string of the molecule is COc1ccccc1C(/C=C(\SC)N(C)Cc1ccccc1)=C(C#N)C#N. The molecule has 0 saturated heterocycles. The number of nitrogens with zero attached hydrogens (tertiary/aromatic N) is 3. The summed E-state index contributed by atoms with van der Waals surface area (Å²) in [5.74, 6) is 0.623. The Labute approximate surface area is 165 Å². The molecule has 0 radical (unpaired) electrons. The average Bonchev–Trinajstić information content (AvgIpc) is 2.71. The van der Waals surface area contributed by atoms with Gasteiger partial charge in [0, 0.05) is 24.7 Å². The Balaban J connectivity index is 2.50. The molecule has 27 heavy (non-hydrogen) atoms. The van der Waals surface area contributed by atoms with Crippen LogP contribution in [0.4, 0.5) is 0 Å². The van der Waals surface area contributed by atoms with Crippen molar-refractivity contribution in [1.29, 1.82) is 10.5 Å². The molecule has 0 aliphatic carbocycles. The second-order valence-electron chi connectivity index (χ2n) is 5.74. The van der Waals surface area contributed by atoms with Crippen molar-refractivity contribution in [2.45, 2.75) is 6.54 Å². The van der Waals surface area contributed by atoms with Gasteiger partial charge in [-0.3, -0.25) is 0 Å². The van der Waals surface area contributed by atoms with E-state index >= 15 is 0 Å². The number of para-hydroxylation sites is 1. The van der Waals surface area contributed by atoms with Gasteiger partial charge in [0.05, 0.1) is 12.1 Å². The lowest BCUT2D eigenvalue weighted by Crippen LogP contribution is -2.15. The van der Waals surface area contributed by atoms with Gasteiger partial charge in [-0.05, 0) is 24.0 Å². The minimum atomic E-state index is 0.0548. The van der Waals surface area contributed by atoms with E-state index in [0.29, 0.717) is 11.3 Å². The number of hydrogen-bond acceptors (Lipinski definition) is 5. The smallest absolute Gasteiger partial charge is 0.137 e. The molecule has 0 aromatic heterocycles. The summed E-state index contributed by atoms with van der Waals surface area (Å²) < 4.78 is 5.43. The number of thioether (sulfide) groups is 1. The summed E-state index contributed by atoms with van der Waals surface area (Å²) in [6.07, 6.45) is 3.86. The van der Waals surface area contributed by atoms with E-state index in [-0.39, 0.29) is 5.57 Å². The highest BCUT2D eigenvalue weighted by Crippen LogP contribution is 2.32. The van der Waals surface area contributed by atoms with Gasteiger partial charge < -0.3 is 9.64 Å². The minimum absolute atomic E-state index is 0.0548. The zero-order chi connectivity index (χ0) is 19.6.